The van der Waals surface area contributed by atoms with Gasteiger partial charge in [-0.2, -0.15) is 15.0 Å². The van der Waals surface area contributed by atoms with E-state index in [1.807, 2.05) is 35.0 Å². The Kier molecular flexibility index (Phi) is 6.96. The fourth-order valence-corrected chi connectivity index (χ4v) is 2.44. The molecule has 148 valence electrons. The number of aliphatic hydroxyl groups excluding tert-OH is 1. The summed E-state index contributed by atoms with van der Waals surface area (Å²) in [7, 11) is 1.62. The van der Waals surface area contributed by atoms with Gasteiger partial charge in [0.25, 0.3) is 0 Å². The predicted molar refractivity (Wildman–Crippen MR) is 107 cm³/mol. The molecule has 0 amide bonds. The zero-order valence-electron chi connectivity index (χ0n) is 15.7. The average Bonchev–Trinajstić information content (AvgIpc) is 3.24. The van der Waals surface area contributed by atoms with Gasteiger partial charge in [-0.05, 0) is 30.7 Å². The number of hydrogen-bond acceptors (Lipinski definition) is 9. The van der Waals surface area contributed by atoms with E-state index < -0.39 is 0 Å². The van der Waals surface area contributed by atoms with Gasteiger partial charge in [-0.1, -0.05) is 0 Å². The minimum Gasteiger partial charge on any atom is -0.497 e. The smallest absolute Gasteiger partial charge is 0.233 e. The first-order chi connectivity index (χ1) is 13.8. The molecule has 4 N–H and O–H groups in total. The molecule has 0 atom stereocenters. The Morgan fingerprint density at radius 2 is 1.71 bits per heavy atom. The van der Waals surface area contributed by atoms with E-state index in [9.17, 15) is 0 Å². The van der Waals surface area contributed by atoms with Crippen molar-refractivity contribution in [3.63, 3.8) is 0 Å². The van der Waals surface area contributed by atoms with Crippen molar-refractivity contribution < 1.29 is 9.84 Å². The molecule has 0 saturated heterocycles. The Morgan fingerprint density at radius 1 is 1.00 bits per heavy atom. The number of methoxy groups -OCH3 is 1. The SMILES string of the molecule is COc1ccc(Nc2nc(NCCO)nc(NCCCn3ccnc3)n2)cc1. The maximum absolute atomic E-state index is 9.03. The highest BCUT2D eigenvalue weighted by Crippen LogP contribution is 2.19. The van der Waals surface area contributed by atoms with Gasteiger partial charge in [-0.3, -0.25) is 0 Å². The van der Waals surface area contributed by atoms with E-state index in [1.54, 1.807) is 19.6 Å². The van der Waals surface area contributed by atoms with Crippen molar-refractivity contribution in [3.8, 4) is 5.75 Å². The topological polar surface area (TPSA) is 122 Å². The second-order valence-electron chi connectivity index (χ2n) is 5.89. The third kappa shape index (κ3) is 5.81. The molecule has 0 aliphatic rings. The number of rotatable bonds is 11. The highest BCUT2D eigenvalue weighted by molar-refractivity contribution is 5.56. The monoisotopic (exact) mass is 384 g/mol. The predicted octanol–water partition coefficient (Wildman–Crippen LogP) is 1.73. The number of aliphatic hydroxyl groups is 1. The van der Waals surface area contributed by atoms with Crippen molar-refractivity contribution in [1.29, 1.82) is 0 Å². The number of nitrogens with one attached hydrogen (secondary N) is 3. The summed E-state index contributed by atoms with van der Waals surface area (Å²) in [5, 5.41) is 18.4. The number of aryl methyl sites for hydroxylation is 1. The number of nitrogens with zero attached hydrogens (tertiary/aromatic N) is 5. The van der Waals surface area contributed by atoms with Crippen LogP contribution in [0.5, 0.6) is 5.75 Å². The Hall–Kier alpha value is -3.40. The van der Waals surface area contributed by atoms with Crippen LogP contribution in [0.2, 0.25) is 0 Å². The third-order valence-corrected chi connectivity index (χ3v) is 3.81. The molecule has 0 aliphatic carbocycles. The van der Waals surface area contributed by atoms with Crippen LogP contribution in [0.25, 0.3) is 0 Å². The molecule has 0 radical (unpaired) electrons. The molecule has 0 bridgehead atoms. The van der Waals surface area contributed by atoms with Crippen molar-refractivity contribution in [2.75, 3.05) is 42.8 Å². The normalized spacial score (nSPS) is 10.5. The van der Waals surface area contributed by atoms with Gasteiger partial charge < -0.3 is 30.4 Å². The number of hydrogen-bond donors (Lipinski definition) is 4. The molecule has 10 nitrogen and oxygen atoms in total. The van der Waals surface area contributed by atoms with Crippen molar-refractivity contribution in [3.05, 3.63) is 43.0 Å². The van der Waals surface area contributed by atoms with Gasteiger partial charge in [0.15, 0.2) is 0 Å². The maximum atomic E-state index is 9.03. The van der Waals surface area contributed by atoms with Crippen LogP contribution in [0.15, 0.2) is 43.0 Å². The second kappa shape index (κ2) is 10.1. The van der Waals surface area contributed by atoms with E-state index in [0.29, 0.717) is 30.9 Å². The zero-order valence-corrected chi connectivity index (χ0v) is 15.7. The van der Waals surface area contributed by atoms with Crippen LogP contribution in [-0.4, -0.2) is 56.4 Å². The number of imidazole rings is 1. The number of anilines is 4. The van der Waals surface area contributed by atoms with Crippen molar-refractivity contribution in [2.24, 2.45) is 0 Å². The van der Waals surface area contributed by atoms with Crippen molar-refractivity contribution >= 4 is 23.5 Å². The molecule has 2 heterocycles. The summed E-state index contributed by atoms with van der Waals surface area (Å²) in [6, 6.07) is 7.46. The average molecular weight is 384 g/mol. The maximum Gasteiger partial charge on any atom is 0.233 e. The Morgan fingerprint density at radius 3 is 2.36 bits per heavy atom. The van der Waals surface area contributed by atoms with Gasteiger partial charge in [0.1, 0.15) is 5.75 Å². The molecule has 1 aromatic carbocycles. The first kappa shape index (κ1) is 19.4. The van der Waals surface area contributed by atoms with Crippen LogP contribution in [0.3, 0.4) is 0 Å². The highest BCUT2D eigenvalue weighted by Gasteiger charge is 2.07. The molecule has 0 spiro atoms. The minimum absolute atomic E-state index is 0.0133. The van der Waals surface area contributed by atoms with E-state index in [0.717, 1.165) is 24.4 Å². The van der Waals surface area contributed by atoms with Gasteiger partial charge in [-0.15, -0.1) is 0 Å². The summed E-state index contributed by atoms with van der Waals surface area (Å²) in [5.41, 5.74) is 0.825. The Balaban J connectivity index is 1.64. The summed E-state index contributed by atoms with van der Waals surface area (Å²) >= 11 is 0. The van der Waals surface area contributed by atoms with Crippen LogP contribution in [0.4, 0.5) is 23.5 Å². The van der Waals surface area contributed by atoms with Gasteiger partial charge >= 0.3 is 0 Å². The summed E-state index contributed by atoms with van der Waals surface area (Å²) in [6.45, 7) is 1.89. The van der Waals surface area contributed by atoms with Gasteiger partial charge in [-0.25, -0.2) is 4.98 Å². The molecule has 3 aromatic rings. The fraction of sp³-hybridized carbons (Fsp3) is 0.333. The fourth-order valence-electron chi connectivity index (χ4n) is 2.44. The lowest BCUT2D eigenvalue weighted by atomic mass is 10.3. The molecule has 0 saturated carbocycles. The number of benzene rings is 1. The molecule has 0 fully saturated rings. The molecule has 0 aliphatic heterocycles. The molecular weight excluding hydrogens is 360 g/mol. The quantitative estimate of drug-likeness (QED) is 0.366. The summed E-state index contributed by atoms with van der Waals surface area (Å²) in [5.74, 6) is 2.01. The molecule has 10 heteroatoms. The van der Waals surface area contributed by atoms with Gasteiger partial charge in [0.2, 0.25) is 17.8 Å². The molecule has 28 heavy (non-hydrogen) atoms. The summed E-state index contributed by atoms with van der Waals surface area (Å²) in [4.78, 5) is 17.1. The van der Waals surface area contributed by atoms with Crippen LogP contribution in [0, 0.1) is 0 Å². The largest absolute Gasteiger partial charge is 0.497 e. The van der Waals surface area contributed by atoms with Gasteiger partial charge in [0.05, 0.1) is 20.0 Å². The van der Waals surface area contributed by atoms with Crippen LogP contribution in [-0.2, 0) is 6.54 Å². The lowest BCUT2D eigenvalue weighted by Crippen LogP contribution is -2.14. The van der Waals surface area contributed by atoms with Crippen LogP contribution < -0.4 is 20.7 Å². The zero-order chi connectivity index (χ0) is 19.6. The van der Waals surface area contributed by atoms with E-state index in [2.05, 4.69) is 35.9 Å². The number of aromatic nitrogens is 5. The lowest BCUT2D eigenvalue weighted by Gasteiger charge is -2.11. The number of ether oxygens (including phenoxy) is 1. The highest BCUT2D eigenvalue weighted by atomic mass is 16.5. The minimum atomic E-state index is -0.0133. The molecule has 0 unspecified atom stereocenters. The standard InChI is InChI=1S/C18H24N8O2/c1-28-15-5-3-14(4-6-15)22-18-24-16(23-17(25-18)21-9-12-27)20-7-2-10-26-11-8-19-13-26/h3-6,8,11,13,27H,2,7,9-10,12H2,1H3,(H3,20,21,22,23,24,25). The Labute approximate surface area is 163 Å². The van der Waals surface area contributed by atoms with Crippen molar-refractivity contribution in [2.45, 2.75) is 13.0 Å². The second-order valence-corrected chi connectivity index (χ2v) is 5.89. The summed E-state index contributed by atoms with van der Waals surface area (Å²) in [6.07, 6.45) is 6.37. The van der Waals surface area contributed by atoms with E-state index in [4.69, 9.17) is 9.84 Å². The van der Waals surface area contributed by atoms with Gasteiger partial charge in [0, 0.05) is 37.7 Å². The lowest BCUT2D eigenvalue weighted by molar-refractivity contribution is 0.311. The first-order valence-electron chi connectivity index (χ1n) is 8.98. The summed E-state index contributed by atoms with van der Waals surface area (Å²) < 4.78 is 7.18. The van der Waals surface area contributed by atoms with E-state index >= 15 is 0 Å². The molecule has 2 aromatic heterocycles. The molecular formula is C18H24N8O2. The van der Waals surface area contributed by atoms with Crippen LogP contribution >= 0.6 is 0 Å². The molecule has 3 rings (SSSR count). The van der Waals surface area contributed by atoms with E-state index in [-0.39, 0.29) is 6.61 Å². The van der Waals surface area contributed by atoms with Crippen LogP contribution in [0.1, 0.15) is 6.42 Å². The van der Waals surface area contributed by atoms with Crippen molar-refractivity contribution in [1.82, 2.24) is 24.5 Å². The first-order valence-corrected chi connectivity index (χ1v) is 8.98. The van der Waals surface area contributed by atoms with E-state index in [1.165, 1.54) is 0 Å². The third-order valence-electron chi connectivity index (χ3n) is 3.81. The Bertz CT molecular complexity index is 839.